The summed E-state index contributed by atoms with van der Waals surface area (Å²) in [4.78, 5) is 52.3. The predicted molar refractivity (Wildman–Crippen MR) is 122 cm³/mol. The number of nitrogens with zero attached hydrogens (tertiary/aromatic N) is 2. The van der Waals surface area contributed by atoms with Gasteiger partial charge in [-0.15, -0.1) is 0 Å². The number of carbonyl (C=O) groups is 4. The first-order chi connectivity index (χ1) is 16.4. The van der Waals surface area contributed by atoms with Gasteiger partial charge in [-0.3, -0.25) is 19.2 Å². The fraction of sp³-hybridized carbons (Fsp3) is 0.792. The quantitative estimate of drug-likeness (QED) is 0.490. The standard InChI is InChI=1S/C24H35F2N5O4/c1-24(2,3)18(30-22(34)19(25)26)23(35)31-12-14-6-4-8-16(14)17(31)21(33)29-15(11-27)10-13-7-5-9-28-20(13)32/h13-19H,4-10,12H2,1-3H3,(H,28,32)(H,29,33)(H,30,34)/t13-,14-,15-,16-,17-,18?/m0/s1. The topological polar surface area (TPSA) is 131 Å². The van der Waals surface area contributed by atoms with Gasteiger partial charge in [0.15, 0.2) is 0 Å². The number of amides is 4. The summed E-state index contributed by atoms with van der Waals surface area (Å²) in [6, 6.07) is -0.941. The lowest BCUT2D eigenvalue weighted by Crippen LogP contribution is -2.59. The first kappa shape index (κ1) is 26.8. The molecule has 0 spiro atoms. The summed E-state index contributed by atoms with van der Waals surface area (Å²) < 4.78 is 25.9. The van der Waals surface area contributed by atoms with Crippen LogP contribution in [0, 0.1) is 34.5 Å². The molecular weight excluding hydrogens is 460 g/mol. The van der Waals surface area contributed by atoms with Crippen LogP contribution in [0.25, 0.3) is 0 Å². The maximum Gasteiger partial charge on any atom is 0.315 e. The van der Waals surface area contributed by atoms with Crippen molar-refractivity contribution in [3.63, 3.8) is 0 Å². The van der Waals surface area contributed by atoms with Gasteiger partial charge < -0.3 is 20.9 Å². The van der Waals surface area contributed by atoms with Crippen molar-refractivity contribution < 1.29 is 28.0 Å². The first-order valence-corrected chi connectivity index (χ1v) is 12.3. The Morgan fingerprint density at radius 2 is 1.89 bits per heavy atom. The largest absolute Gasteiger partial charge is 0.356 e. The third-order valence-electron chi connectivity index (χ3n) is 7.43. The number of piperidine rings is 1. The van der Waals surface area contributed by atoms with Crippen molar-refractivity contribution in [2.24, 2.45) is 23.2 Å². The highest BCUT2D eigenvalue weighted by Crippen LogP contribution is 2.43. The summed E-state index contributed by atoms with van der Waals surface area (Å²) in [6.45, 7) is 5.87. The SMILES string of the molecule is CC(C)(C)C(NC(=O)C(F)F)C(=O)N1C[C@@H]2CCC[C@@H]2[C@H]1C(=O)N[C@H](C#N)C[C@@H]1CCCNC1=O. The van der Waals surface area contributed by atoms with Crippen LogP contribution in [-0.2, 0) is 19.2 Å². The van der Waals surface area contributed by atoms with E-state index in [9.17, 15) is 33.2 Å². The molecule has 3 fully saturated rings. The number of likely N-dealkylation sites (tertiary alicyclic amines) is 1. The number of halogens is 2. The molecule has 1 unspecified atom stereocenters. The molecule has 0 aromatic heterocycles. The van der Waals surface area contributed by atoms with E-state index in [0.29, 0.717) is 19.5 Å². The van der Waals surface area contributed by atoms with Crippen molar-refractivity contribution in [3.05, 3.63) is 0 Å². The Balaban J connectivity index is 1.79. The van der Waals surface area contributed by atoms with Crippen molar-refractivity contribution in [1.82, 2.24) is 20.9 Å². The van der Waals surface area contributed by atoms with Gasteiger partial charge in [0, 0.05) is 19.0 Å². The predicted octanol–water partition coefficient (Wildman–Crippen LogP) is 1.33. The van der Waals surface area contributed by atoms with Gasteiger partial charge >= 0.3 is 6.43 Å². The summed E-state index contributed by atoms with van der Waals surface area (Å²) in [6.07, 6.45) is 0.835. The van der Waals surface area contributed by atoms with Crippen molar-refractivity contribution in [1.29, 1.82) is 5.26 Å². The number of fused-ring (bicyclic) bond motifs is 1. The molecule has 2 heterocycles. The number of alkyl halides is 2. The molecule has 1 aliphatic carbocycles. The average molecular weight is 496 g/mol. The average Bonchev–Trinajstić information content (AvgIpc) is 3.38. The van der Waals surface area contributed by atoms with Crippen LogP contribution < -0.4 is 16.0 Å². The third-order valence-corrected chi connectivity index (χ3v) is 7.43. The first-order valence-electron chi connectivity index (χ1n) is 12.3. The molecule has 4 amide bonds. The van der Waals surface area contributed by atoms with Crippen molar-refractivity contribution >= 4 is 23.6 Å². The van der Waals surface area contributed by atoms with Crippen molar-refractivity contribution in [2.75, 3.05) is 13.1 Å². The van der Waals surface area contributed by atoms with Crippen LogP contribution in [0.2, 0.25) is 0 Å². The van der Waals surface area contributed by atoms with Gasteiger partial charge in [0.05, 0.1) is 6.07 Å². The Morgan fingerprint density at radius 1 is 1.17 bits per heavy atom. The molecule has 0 bridgehead atoms. The second kappa shape index (κ2) is 10.9. The van der Waals surface area contributed by atoms with Crippen LogP contribution in [0.15, 0.2) is 0 Å². The van der Waals surface area contributed by atoms with E-state index in [4.69, 9.17) is 0 Å². The fourth-order valence-corrected chi connectivity index (χ4v) is 5.63. The molecule has 0 aromatic rings. The van der Waals surface area contributed by atoms with Crippen LogP contribution in [0.3, 0.4) is 0 Å². The highest BCUT2D eigenvalue weighted by atomic mass is 19.3. The van der Waals surface area contributed by atoms with Crippen LogP contribution >= 0.6 is 0 Å². The van der Waals surface area contributed by atoms with Gasteiger partial charge in [-0.1, -0.05) is 27.2 Å². The van der Waals surface area contributed by atoms with Gasteiger partial charge in [0.1, 0.15) is 18.1 Å². The monoisotopic (exact) mass is 495 g/mol. The minimum absolute atomic E-state index is 0.0887. The van der Waals surface area contributed by atoms with E-state index in [0.717, 1.165) is 25.7 Å². The molecule has 11 heteroatoms. The van der Waals surface area contributed by atoms with Crippen molar-refractivity contribution in [2.45, 2.75) is 83.8 Å². The minimum Gasteiger partial charge on any atom is -0.356 e. The van der Waals surface area contributed by atoms with E-state index in [1.807, 2.05) is 0 Å². The van der Waals surface area contributed by atoms with Crippen LogP contribution in [0.5, 0.6) is 0 Å². The second-order valence-electron chi connectivity index (χ2n) is 11.0. The van der Waals surface area contributed by atoms with E-state index in [2.05, 4.69) is 22.0 Å². The second-order valence-corrected chi connectivity index (χ2v) is 11.0. The normalized spacial score (nSPS) is 28.0. The Kier molecular flexibility index (Phi) is 8.34. The van der Waals surface area contributed by atoms with E-state index >= 15 is 0 Å². The smallest absolute Gasteiger partial charge is 0.315 e. The Bertz CT molecular complexity index is 884. The third kappa shape index (κ3) is 6.08. The van der Waals surface area contributed by atoms with Crippen LogP contribution in [-0.4, -0.2) is 66.2 Å². The summed E-state index contributed by atoms with van der Waals surface area (Å²) in [7, 11) is 0. The summed E-state index contributed by atoms with van der Waals surface area (Å²) in [5, 5.41) is 17.3. The van der Waals surface area contributed by atoms with Crippen LogP contribution in [0.4, 0.5) is 8.78 Å². The molecule has 2 saturated heterocycles. The highest BCUT2D eigenvalue weighted by Gasteiger charge is 2.52. The molecule has 0 aromatic carbocycles. The Morgan fingerprint density at radius 3 is 2.49 bits per heavy atom. The number of hydrogen-bond acceptors (Lipinski definition) is 5. The molecule has 2 aliphatic heterocycles. The molecule has 1 saturated carbocycles. The molecule has 3 N–H and O–H groups in total. The molecule has 3 rings (SSSR count). The van der Waals surface area contributed by atoms with Gasteiger partial charge in [0.25, 0.3) is 5.91 Å². The van der Waals surface area contributed by atoms with Crippen LogP contribution in [0.1, 0.15) is 59.3 Å². The van der Waals surface area contributed by atoms with E-state index in [1.165, 1.54) is 4.90 Å². The van der Waals surface area contributed by atoms with E-state index in [1.54, 1.807) is 20.8 Å². The van der Waals surface area contributed by atoms with E-state index < -0.39 is 47.7 Å². The molecule has 194 valence electrons. The lowest BCUT2D eigenvalue weighted by Gasteiger charge is -2.36. The molecule has 35 heavy (non-hydrogen) atoms. The molecule has 9 nitrogen and oxygen atoms in total. The number of nitrogens with one attached hydrogen (secondary N) is 3. The fourth-order valence-electron chi connectivity index (χ4n) is 5.63. The maximum absolute atomic E-state index is 13.6. The van der Waals surface area contributed by atoms with Gasteiger partial charge in [0.2, 0.25) is 17.7 Å². The Hall–Kier alpha value is -2.77. The molecule has 0 radical (unpaired) electrons. The maximum atomic E-state index is 13.6. The van der Waals surface area contributed by atoms with Gasteiger partial charge in [-0.25, -0.2) is 0 Å². The van der Waals surface area contributed by atoms with Gasteiger partial charge in [-0.2, -0.15) is 14.0 Å². The van der Waals surface area contributed by atoms with E-state index in [-0.39, 0.29) is 30.1 Å². The number of carbonyl (C=O) groups excluding carboxylic acids is 4. The Labute approximate surface area is 204 Å². The molecule has 3 aliphatic rings. The lowest BCUT2D eigenvalue weighted by molar-refractivity contribution is -0.146. The molecule has 6 atom stereocenters. The zero-order chi connectivity index (χ0) is 25.9. The minimum atomic E-state index is -3.27. The zero-order valence-electron chi connectivity index (χ0n) is 20.5. The van der Waals surface area contributed by atoms with Crippen molar-refractivity contribution in [3.8, 4) is 6.07 Å². The van der Waals surface area contributed by atoms with Gasteiger partial charge in [-0.05, 0) is 49.4 Å². The lowest BCUT2D eigenvalue weighted by atomic mass is 9.85. The summed E-state index contributed by atoms with van der Waals surface area (Å²) in [5.74, 6) is -3.13. The summed E-state index contributed by atoms with van der Waals surface area (Å²) in [5.41, 5.74) is -0.871. The zero-order valence-corrected chi connectivity index (χ0v) is 20.5. The highest BCUT2D eigenvalue weighted by molar-refractivity contribution is 5.94. The number of hydrogen-bond donors (Lipinski definition) is 3. The molecular formula is C24H35F2N5O4. The number of rotatable bonds is 7. The summed E-state index contributed by atoms with van der Waals surface area (Å²) >= 11 is 0. The number of nitriles is 1.